The molecule has 0 aliphatic carbocycles. The first-order valence-corrected chi connectivity index (χ1v) is 11.6. The van der Waals surface area contributed by atoms with Gasteiger partial charge in [0.1, 0.15) is 0 Å². The molecule has 3 heterocycles. The van der Waals surface area contributed by atoms with E-state index in [9.17, 15) is 9.59 Å². The maximum Gasteiger partial charge on any atom is 0.276 e. The predicted octanol–water partition coefficient (Wildman–Crippen LogP) is 3.59. The van der Waals surface area contributed by atoms with Gasteiger partial charge in [0.25, 0.3) is 5.91 Å². The van der Waals surface area contributed by atoms with E-state index >= 15 is 0 Å². The van der Waals surface area contributed by atoms with Crippen LogP contribution < -0.4 is 0 Å². The van der Waals surface area contributed by atoms with Crippen molar-refractivity contribution in [2.45, 2.75) is 45.4 Å². The van der Waals surface area contributed by atoms with Crippen molar-refractivity contribution in [3.8, 4) is 5.69 Å². The number of hydrogen-bond acceptors (Lipinski definition) is 4. The molecule has 2 aliphatic heterocycles. The van der Waals surface area contributed by atoms with Gasteiger partial charge in [-0.25, -0.2) is 4.68 Å². The minimum atomic E-state index is -0.102. The third-order valence-electron chi connectivity index (χ3n) is 6.20. The summed E-state index contributed by atoms with van der Waals surface area (Å²) in [7, 11) is 0. The number of aromatic nitrogens is 3. The molecule has 2 saturated heterocycles. The number of carbonyl (C=O) groups is 2. The van der Waals surface area contributed by atoms with Crippen LogP contribution in [0.4, 0.5) is 0 Å². The van der Waals surface area contributed by atoms with Crippen LogP contribution in [0.5, 0.6) is 0 Å². The number of nitrogens with zero attached hydrogens (tertiary/aromatic N) is 5. The monoisotopic (exact) mass is 473 g/mol. The first-order valence-electron chi connectivity index (χ1n) is 10.8. The van der Waals surface area contributed by atoms with Crippen LogP contribution in [0.1, 0.15) is 54.7 Å². The van der Waals surface area contributed by atoms with Gasteiger partial charge in [-0.2, -0.15) is 0 Å². The van der Waals surface area contributed by atoms with Crippen LogP contribution in [0.3, 0.4) is 0 Å². The number of rotatable bonds is 3. The molecule has 1 aromatic carbocycles. The normalized spacial score (nSPS) is 18.3. The highest BCUT2D eigenvalue weighted by Gasteiger charge is 2.32. The molecule has 1 aromatic heterocycles. The Balaban J connectivity index is 1.39. The van der Waals surface area contributed by atoms with Crippen LogP contribution >= 0.6 is 15.9 Å². The van der Waals surface area contributed by atoms with E-state index in [4.69, 9.17) is 0 Å². The van der Waals surface area contributed by atoms with Crippen molar-refractivity contribution in [1.29, 1.82) is 0 Å². The largest absolute Gasteiger partial charge is 0.342 e. The van der Waals surface area contributed by atoms with Crippen molar-refractivity contribution < 1.29 is 9.59 Å². The van der Waals surface area contributed by atoms with Gasteiger partial charge in [-0.15, -0.1) is 5.10 Å². The number of carbonyl (C=O) groups excluding carboxylic acids is 2. The third-order valence-corrected chi connectivity index (χ3v) is 6.69. The fraction of sp³-hybridized carbons (Fsp3) is 0.545. The van der Waals surface area contributed by atoms with Crippen LogP contribution in [0.25, 0.3) is 5.69 Å². The second kappa shape index (κ2) is 9.29. The third kappa shape index (κ3) is 4.43. The van der Waals surface area contributed by atoms with E-state index < -0.39 is 0 Å². The van der Waals surface area contributed by atoms with E-state index in [1.165, 1.54) is 12.8 Å². The van der Waals surface area contributed by atoms with Crippen molar-refractivity contribution in [3.05, 3.63) is 40.1 Å². The molecule has 2 aliphatic rings. The fourth-order valence-electron chi connectivity index (χ4n) is 4.41. The van der Waals surface area contributed by atoms with E-state index in [0.717, 1.165) is 54.6 Å². The predicted molar refractivity (Wildman–Crippen MR) is 117 cm³/mol. The zero-order valence-corrected chi connectivity index (χ0v) is 19.0. The van der Waals surface area contributed by atoms with Gasteiger partial charge in [0.05, 0.1) is 11.4 Å². The second-order valence-corrected chi connectivity index (χ2v) is 9.14. The summed E-state index contributed by atoms with van der Waals surface area (Å²) in [5, 5.41) is 8.36. The van der Waals surface area contributed by atoms with E-state index in [2.05, 4.69) is 26.2 Å². The minimum absolute atomic E-state index is 0.0330. The van der Waals surface area contributed by atoms with Gasteiger partial charge in [0, 0.05) is 36.6 Å². The Bertz CT molecular complexity index is 912. The lowest BCUT2D eigenvalue weighted by molar-refractivity contribution is -0.136. The Hall–Kier alpha value is -2.22. The van der Waals surface area contributed by atoms with Gasteiger partial charge in [-0.05, 0) is 50.8 Å². The fourth-order valence-corrected chi connectivity index (χ4v) is 4.80. The second-order valence-electron chi connectivity index (χ2n) is 8.22. The lowest BCUT2D eigenvalue weighted by atomic mass is 9.95. The Labute approximate surface area is 185 Å². The zero-order chi connectivity index (χ0) is 21.1. The summed E-state index contributed by atoms with van der Waals surface area (Å²) in [5.41, 5.74) is 1.96. The van der Waals surface area contributed by atoms with Gasteiger partial charge in [-0.1, -0.05) is 40.1 Å². The maximum absolute atomic E-state index is 13.1. The van der Waals surface area contributed by atoms with Crippen LogP contribution in [0.15, 0.2) is 28.7 Å². The van der Waals surface area contributed by atoms with Crippen molar-refractivity contribution >= 4 is 27.7 Å². The minimum Gasteiger partial charge on any atom is -0.342 e. The Morgan fingerprint density at radius 3 is 2.37 bits per heavy atom. The molecule has 2 aromatic rings. The van der Waals surface area contributed by atoms with Gasteiger partial charge >= 0.3 is 0 Å². The average Bonchev–Trinajstić information content (AvgIpc) is 2.96. The number of halogens is 1. The highest BCUT2D eigenvalue weighted by Crippen LogP contribution is 2.24. The van der Waals surface area contributed by atoms with Crippen molar-refractivity contribution in [3.63, 3.8) is 0 Å². The summed E-state index contributed by atoms with van der Waals surface area (Å²) in [6.45, 7) is 4.81. The zero-order valence-electron chi connectivity index (χ0n) is 17.4. The highest BCUT2D eigenvalue weighted by atomic mass is 79.9. The van der Waals surface area contributed by atoms with Crippen LogP contribution in [0, 0.1) is 12.8 Å². The number of piperidine rings is 1. The number of likely N-dealkylation sites (tertiary alicyclic amines) is 2. The average molecular weight is 474 g/mol. The molecular weight excluding hydrogens is 446 g/mol. The van der Waals surface area contributed by atoms with E-state index in [-0.39, 0.29) is 17.7 Å². The highest BCUT2D eigenvalue weighted by molar-refractivity contribution is 9.10. The molecule has 2 amide bonds. The van der Waals surface area contributed by atoms with E-state index in [1.807, 2.05) is 41.0 Å². The molecule has 0 spiro atoms. The molecule has 0 saturated carbocycles. The Morgan fingerprint density at radius 2 is 1.70 bits per heavy atom. The van der Waals surface area contributed by atoms with Gasteiger partial charge in [-0.3, -0.25) is 9.59 Å². The lowest BCUT2D eigenvalue weighted by Crippen LogP contribution is -2.44. The summed E-state index contributed by atoms with van der Waals surface area (Å²) < 4.78 is 2.63. The van der Waals surface area contributed by atoms with Crippen LogP contribution in [-0.2, 0) is 4.79 Å². The summed E-state index contributed by atoms with van der Waals surface area (Å²) in [6, 6.07) is 7.74. The van der Waals surface area contributed by atoms with Crippen molar-refractivity contribution in [2.75, 3.05) is 26.2 Å². The summed E-state index contributed by atoms with van der Waals surface area (Å²) in [4.78, 5) is 29.8. The van der Waals surface area contributed by atoms with E-state index in [0.29, 0.717) is 18.8 Å². The molecule has 30 heavy (non-hydrogen) atoms. The number of benzene rings is 1. The molecule has 0 atom stereocenters. The van der Waals surface area contributed by atoms with Crippen LogP contribution in [0.2, 0.25) is 0 Å². The molecule has 4 rings (SSSR count). The van der Waals surface area contributed by atoms with Crippen LogP contribution in [-0.4, -0.2) is 62.8 Å². The maximum atomic E-state index is 13.1. The quantitative estimate of drug-likeness (QED) is 0.682. The molecule has 0 N–H and O–H groups in total. The molecule has 2 fully saturated rings. The van der Waals surface area contributed by atoms with Crippen molar-refractivity contribution in [2.24, 2.45) is 5.92 Å². The molecule has 8 heteroatoms. The van der Waals surface area contributed by atoms with Crippen molar-refractivity contribution in [1.82, 2.24) is 24.8 Å². The lowest BCUT2D eigenvalue weighted by Gasteiger charge is -2.33. The molecule has 0 unspecified atom stereocenters. The van der Waals surface area contributed by atoms with Gasteiger partial charge < -0.3 is 9.80 Å². The number of amides is 2. The molecule has 7 nitrogen and oxygen atoms in total. The molecule has 0 bridgehead atoms. The summed E-state index contributed by atoms with van der Waals surface area (Å²) >= 11 is 3.46. The van der Waals surface area contributed by atoms with Gasteiger partial charge in [0.15, 0.2) is 5.69 Å². The first kappa shape index (κ1) is 21.0. The summed E-state index contributed by atoms with van der Waals surface area (Å²) in [6.07, 6.45) is 6.10. The summed E-state index contributed by atoms with van der Waals surface area (Å²) in [5.74, 6) is 0.209. The Morgan fingerprint density at radius 1 is 1.00 bits per heavy atom. The number of hydrogen-bond donors (Lipinski definition) is 0. The SMILES string of the molecule is Cc1c(C(=O)N2CCC(C(=O)N3CCCCCC3)CC2)nnn1-c1cccc(Br)c1. The first-order chi connectivity index (χ1) is 14.5. The standard InChI is InChI=1S/C22H28BrN5O2/c1-16-20(24-25-28(16)19-8-6-7-18(23)15-19)22(30)27-13-9-17(10-14-27)21(29)26-11-4-2-3-5-12-26/h6-8,15,17H,2-5,9-14H2,1H3. The molecular formula is C22H28BrN5O2. The Kier molecular flexibility index (Phi) is 6.51. The smallest absolute Gasteiger partial charge is 0.276 e. The van der Waals surface area contributed by atoms with Gasteiger partial charge in [0.2, 0.25) is 5.91 Å². The van der Waals surface area contributed by atoms with E-state index in [1.54, 1.807) is 4.68 Å². The molecule has 0 radical (unpaired) electrons. The topological polar surface area (TPSA) is 71.3 Å². The molecule has 160 valence electrons.